The molecular formula is C19H14N4O7. The van der Waals surface area contributed by atoms with Crippen LogP contribution in [0.2, 0.25) is 0 Å². The van der Waals surface area contributed by atoms with Gasteiger partial charge >= 0.3 is 5.69 Å². The number of methoxy groups -OCH3 is 1. The summed E-state index contributed by atoms with van der Waals surface area (Å²) in [5.41, 5.74) is 0.629. The largest absolute Gasteiger partial charge is 0.502 e. The fourth-order valence-electron chi connectivity index (χ4n) is 2.76. The predicted octanol–water partition coefficient (Wildman–Crippen LogP) is 3.13. The Morgan fingerprint density at radius 3 is 2.37 bits per heavy atom. The highest BCUT2D eigenvalue weighted by atomic mass is 16.6. The van der Waals surface area contributed by atoms with Crippen LogP contribution in [0, 0.1) is 20.2 Å². The summed E-state index contributed by atoms with van der Waals surface area (Å²) in [5.74, 6) is -1.16. The lowest BCUT2D eigenvalue weighted by atomic mass is 10.1. The molecule has 30 heavy (non-hydrogen) atoms. The quantitative estimate of drug-likeness (QED) is 0.359. The second kappa shape index (κ2) is 8.22. The molecule has 1 amide bonds. The van der Waals surface area contributed by atoms with Crippen molar-refractivity contribution >= 4 is 34.3 Å². The van der Waals surface area contributed by atoms with E-state index in [1.165, 1.54) is 7.11 Å². The van der Waals surface area contributed by atoms with Gasteiger partial charge in [-0.3, -0.25) is 25.0 Å². The first-order valence-electron chi connectivity index (χ1n) is 8.37. The number of hydrazone groups is 1. The van der Waals surface area contributed by atoms with Crippen molar-refractivity contribution in [3.8, 4) is 11.5 Å². The molecule has 152 valence electrons. The van der Waals surface area contributed by atoms with Crippen molar-refractivity contribution in [1.82, 2.24) is 5.43 Å². The number of carbonyl (C=O) groups excluding carboxylic acids is 1. The number of carbonyl (C=O) groups is 1. The summed E-state index contributed by atoms with van der Waals surface area (Å²) < 4.78 is 5.24. The normalized spacial score (nSPS) is 10.8. The zero-order valence-corrected chi connectivity index (χ0v) is 15.4. The molecule has 0 heterocycles. The zero-order chi connectivity index (χ0) is 21.8. The van der Waals surface area contributed by atoms with Crippen molar-refractivity contribution in [2.45, 2.75) is 0 Å². The summed E-state index contributed by atoms with van der Waals surface area (Å²) in [6.45, 7) is 0. The number of phenolic OH excluding ortho intramolecular Hbond substituents is 1. The minimum absolute atomic E-state index is 0.183. The molecule has 3 rings (SSSR count). The van der Waals surface area contributed by atoms with E-state index < -0.39 is 32.9 Å². The van der Waals surface area contributed by atoms with Crippen LogP contribution < -0.4 is 10.2 Å². The average molecular weight is 410 g/mol. The van der Waals surface area contributed by atoms with Gasteiger partial charge in [-0.1, -0.05) is 24.3 Å². The summed E-state index contributed by atoms with van der Waals surface area (Å²) in [7, 11) is 1.41. The fraction of sp³-hybridized carbons (Fsp3) is 0.0526. The highest BCUT2D eigenvalue weighted by molar-refractivity contribution is 6.02. The van der Waals surface area contributed by atoms with Crippen LogP contribution in [0.1, 0.15) is 15.9 Å². The van der Waals surface area contributed by atoms with Gasteiger partial charge in [-0.25, -0.2) is 5.43 Å². The van der Waals surface area contributed by atoms with Gasteiger partial charge in [0.1, 0.15) is 5.75 Å². The number of aromatic hydroxyl groups is 1. The summed E-state index contributed by atoms with van der Waals surface area (Å²) in [6, 6.07) is 12.1. The van der Waals surface area contributed by atoms with Gasteiger partial charge in [0.05, 0.1) is 40.4 Å². The number of nitro groups is 2. The lowest BCUT2D eigenvalue weighted by Crippen LogP contribution is -2.18. The number of hydrogen-bond donors (Lipinski definition) is 2. The second-order valence-electron chi connectivity index (χ2n) is 6.02. The maximum atomic E-state index is 12.5. The number of fused-ring (bicyclic) bond motifs is 1. The minimum Gasteiger partial charge on any atom is -0.502 e. The molecule has 3 aromatic carbocycles. The number of non-ortho nitro benzene ring substituents is 1. The van der Waals surface area contributed by atoms with E-state index in [0.717, 1.165) is 23.1 Å². The van der Waals surface area contributed by atoms with Crippen molar-refractivity contribution in [2.24, 2.45) is 5.10 Å². The molecule has 11 nitrogen and oxygen atoms in total. The number of rotatable bonds is 6. The van der Waals surface area contributed by atoms with Crippen LogP contribution in [-0.2, 0) is 0 Å². The number of nitrogens with zero attached hydrogens (tertiary/aromatic N) is 3. The van der Waals surface area contributed by atoms with Gasteiger partial charge < -0.3 is 9.84 Å². The third-order valence-electron chi connectivity index (χ3n) is 4.19. The van der Waals surface area contributed by atoms with E-state index in [1.54, 1.807) is 12.1 Å². The molecule has 0 spiro atoms. The highest BCUT2D eigenvalue weighted by Crippen LogP contribution is 2.33. The number of hydrogen-bond acceptors (Lipinski definition) is 8. The molecule has 0 radical (unpaired) electrons. The second-order valence-corrected chi connectivity index (χ2v) is 6.02. The Labute approximate surface area is 168 Å². The first-order chi connectivity index (χ1) is 14.3. The smallest absolute Gasteiger partial charge is 0.318 e. The predicted molar refractivity (Wildman–Crippen MR) is 107 cm³/mol. The number of amides is 1. The van der Waals surface area contributed by atoms with E-state index in [4.69, 9.17) is 4.74 Å². The van der Waals surface area contributed by atoms with Crippen molar-refractivity contribution < 1.29 is 24.5 Å². The molecule has 0 aliphatic rings. The zero-order valence-electron chi connectivity index (χ0n) is 15.4. The number of nitrogens with one attached hydrogen (secondary N) is 1. The maximum absolute atomic E-state index is 12.5. The van der Waals surface area contributed by atoms with E-state index in [2.05, 4.69) is 10.5 Å². The maximum Gasteiger partial charge on any atom is 0.318 e. The molecule has 0 aliphatic heterocycles. The van der Waals surface area contributed by atoms with Gasteiger partial charge in [0.2, 0.25) is 5.75 Å². The Balaban J connectivity index is 1.90. The number of nitro benzene ring substituents is 2. The van der Waals surface area contributed by atoms with Gasteiger partial charge in [-0.15, -0.1) is 0 Å². The minimum atomic E-state index is -0.960. The number of ether oxygens (including phenoxy) is 1. The molecule has 2 N–H and O–H groups in total. The van der Waals surface area contributed by atoms with Gasteiger partial charge in [0.15, 0.2) is 0 Å². The Kier molecular flexibility index (Phi) is 5.54. The molecular weight excluding hydrogens is 396 g/mol. The van der Waals surface area contributed by atoms with Gasteiger partial charge in [0.25, 0.3) is 11.6 Å². The molecule has 0 bridgehead atoms. The van der Waals surface area contributed by atoms with Crippen LogP contribution in [0.3, 0.4) is 0 Å². The average Bonchev–Trinajstić information content (AvgIpc) is 2.73. The van der Waals surface area contributed by atoms with Crippen molar-refractivity contribution in [3.63, 3.8) is 0 Å². The molecule has 0 unspecified atom stereocenters. The summed E-state index contributed by atoms with van der Waals surface area (Å²) >= 11 is 0. The Morgan fingerprint density at radius 1 is 1.10 bits per heavy atom. The van der Waals surface area contributed by atoms with Crippen LogP contribution in [0.5, 0.6) is 11.5 Å². The summed E-state index contributed by atoms with van der Waals surface area (Å²) in [6.07, 6.45) is 0.876. The van der Waals surface area contributed by atoms with Gasteiger partial charge in [-0.2, -0.15) is 5.10 Å². The topological polar surface area (TPSA) is 157 Å². The fourth-order valence-corrected chi connectivity index (χ4v) is 2.76. The van der Waals surface area contributed by atoms with Gasteiger partial charge in [-0.05, 0) is 22.9 Å². The molecule has 0 saturated carbocycles. The van der Waals surface area contributed by atoms with E-state index in [9.17, 15) is 30.1 Å². The van der Waals surface area contributed by atoms with Gasteiger partial charge in [0, 0.05) is 6.07 Å². The lowest BCUT2D eigenvalue weighted by molar-refractivity contribution is -0.394. The van der Waals surface area contributed by atoms with Crippen LogP contribution >= 0.6 is 0 Å². The van der Waals surface area contributed by atoms with Crippen molar-refractivity contribution in [3.05, 3.63) is 79.9 Å². The van der Waals surface area contributed by atoms with Crippen molar-refractivity contribution in [1.29, 1.82) is 0 Å². The summed E-state index contributed by atoms with van der Waals surface area (Å²) in [4.78, 5) is 32.7. The van der Waals surface area contributed by atoms with E-state index in [-0.39, 0.29) is 11.1 Å². The lowest BCUT2D eigenvalue weighted by Gasteiger charge is -2.09. The van der Waals surface area contributed by atoms with Crippen LogP contribution in [-0.4, -0.2) is 34.2 Å². The number of benzene rings is 3. The SMILES string of the molecule is COc1cc2ccccc2cc1C(=O)N/N=C/c1cc([N+](=O)[O-])cc([N+](=O)[O-])c1O. The van der Waals surface area contributed by atoms with Crippen LogP contribution in [0.25, 0.3) is 10.8 Å². The molecule has 0 fully saturated rings. The summed E-state index contributed by atoms with van der Waals surface area (Å²) in [5, 5.41) is 37.2. The molecule has 0 saturated heterocycles. The van der Waals surface area contributed by atoms with E-state index in [1.807, 2.05) is 24.3 Å². The van der Waals surface area contributed by atoms with E-state index in [0.29, 0.717) is 11.8 Å². The highest BCUT2D eigenvalue weighted by Gasteiger charge is 2.23. The number of phenols is 1. The third-order valence-corrected chi connectivity index (χ3v) is 4.19. The molecule has 0 aromatic heterocycles. The Morgan fingerprint density at radius 2 is 1.77 bits per heavy atom. The molecule has 11 heteroatoms. The first-order valence-corrected chi connectivity index (χ1v) is 8.37. The van der Waals surface area contributed by atoms with Crippen molar-refractivity contribution in [2.75, 3.05) is 7.11 Å². The first kappa shape index (κ1) is 20.2. The third kappa shape index (κ3) is 3.99. The standard InChI is InChI=1S/C19H14N4O7/c1-30-17-8-12-5-3-2-4-11(12)7-15(17)19(25)21-20-10-13-6-14(22(26)27)9-16(18(13)24)23(28)29/h2-10,24H,1H3,(H,21,25)/b20-10+. The molecule has 0 atom stereocenters. The van der Waals surface area contributed by atoms with E-state index >= 15 is 0 Å². The Bertz CT molecular complexity index is 1210. The molecule has 3 aromatic rings. The Hall–Kier alpha value is -4.54. The monoisotopic (exact) mass is 410 g/mol. The van der Waals surface area contributed by atoms with Crippen LogP contribution in [0.15, 0.2) is 53.6 Å². The van der Waals surface area contributed by atoms with Crippen LogP contribution in [0.4, 0.5) is 11.4 Å². The molecule has 0 aliphatic carbocycles.